The first kappa shape index (κ1) is 16.2. The zero-order valence-electron chi connectivity index (χ0n) is 12.3. The highest BCUT2D eigenvalue weighted by molar-refractivity contribution is 6.31. The maximum Gasteiger partial charge on any atom is 0.224 e. The molecule has 0 atom stereocenters. The monoisotopic (exact) mass is 319 g/mol. The van der Waals surface area contributed by atoms with Gasteiger partial charge in [-0.05, 0) is 36.8 Å². The van der Waals surface area contributed by atoms with Gasteiger partial charge in [-0.15, -0.1) is 0 Å². The minimum Gasteiger partial charge on any atom is -0.495 e. The molecule has 0 aliphatic heterocycles. The molecule has 2 aromatic carbocycles. The van der Waals surface area contributed by atoms with Crippen molar-refractivity contribution < 1.29 is 14.3 Å². The Morgan fingerprint density at radius 1 is 1.18 bits per heavy atom. The first-order valence-electron chi connectivity index (χ1n) is 7.00. The van der Waals surface area contributed by atoms with Gasteiger partial charge in [-0.2, -0.15) is 0 Å². The Balaban J connectivity index is 1.77. The third-order valence-corrected chi connectivity index (χ3v) is 3.23. The first-order chi connectivity index (χ1) is 10.7. The molecule has 1 amide bonds. The van der Waals surface area contributed by atoms with Crippen LogP contribution in [0.5, 0.6) is 11.5 Å². The van der Waals surface area contributed by atoms with Crippen molar-refractivity contribution in [3.05, 3.63) is 53.6 Å². The fourth-order valence-electron chi connectivity index (χ4n) is 1.93. The summed E-state index contributed by atoms with van der Waals surface area (Å²) in [6, 6.07) is 14.6. The zero-order valence-corrected chi connectivity index (χ0v) is 13.1. The van der Waals surface area contributed by atoms with Crippen LogP contribution in [0.15, 0.2) is 48.5 Å². The van der Waals surface area contributed by atoms with E-state index in [9.17, 15) is 4.79 Å². The summed E-state index contributed by atoms with van der Waals surface area (Å²) in [7, 11) is 1.55. The molecule has 0 spiro atoms. The lowest BCUT2D eigenvalue weighted by molar-refractivity contribution is -0.116. The lowest BCUT2D eigenvalue weighted by Gasteiger charge is -2.10. The van der Waals surface area contributed by atoms with Crippen LogP contribution in [-0.2, 0) is 4.79 Å². The molecule has 0 bridgehead atoms. The third kappa shape index (κ3) is 4.97. The van der Waals surface area contributed by atoms with Gasteiger partial charge in [0.05, 0.1) is 19.4 Å². The van der Waals surface area contributed by atoms with Crippen LogP contribution in [0.4, 0.5) is 5.69 Å². The van der Waals surface area contributed by atoms with Crippen molar-refractivity contribution in [1.29, 1.82) is 0 Å². The van der Waals surface area contributed by atoms with E-state index in [0.29, 0.717) is 35.9 Å². The quantitative estimate of drug-likeness (QED) is 0.780. The number of para-hydroxylation sites is 1. The Morgan fingerprint density at radius 2 is 1.95 bits per heavy atom. The van der Waals surface area contributed by atoms with Gasteiger partial charge in [-0.1, -0.05) is 29.8 Å². The van der Waals surface area contributed by atoms with Gasteiger partial charge in [0.25, 0.3) is 0 Å². The number of carbonyl (C=O) groups is 1. The van der Waals surface area contributed by atoms with Gasteiger partial charge in [-0.25, -0.2) is 0 Å². The number of nitrogens with one attached hydrogen (secondary N) is 1. The van der Waals surface area contributed by atoms with Crippen molar-refractivity contribution in [3.63, 3.8) is 0 Å². The number of amides is 1. The van der Waals surface area contributed by atoms with Crippen molar-refractivity contribution in [2.45, 2.75) is 12.8 Å². The van der Waals surface area contributed by atoms with Gasteiger partial charge in [-0.3, -0.25) is 4.79 Å². The van der Waals surface area contributed by atoms with Crippen molar-refractivity contribution in [1.82, 2.24) is 0 Å². The molecule has 0 fully saturated rings. The number of rotatable bonds is 7. The van der Waals surface area contributed by atoms with Crippen LogP contribution >= 0.6 is 11.6 Å². The number of halogens is 1. The number of carbonyl (C=O) groups excluding carboxylic acids is 1. The molecule has 0 aliphatic rings. The average molecular weight is 320 g/mol. The van der Waals surface area contributed by atoms with Crippen molar-refractivity contribution in [3.8, 4) is 11.5 Å². The second kappa shape index (κ2) is 8.29. The maximum atomic E-state index is 11.9. The van der Waals surface area contributed by atoms with E-state index in [0.717, 1.165) is 5.75 Å². The number of benzene rings is 2. The summed E-state index contributed by atoms with van der Waals surface area (Å²) < 4.78 is 10.7. The molecule has 0 aromatic heterocycles. The highest BCUT2D eigenvalue weighted by Gasteiger charge is 2.08. The van der Waals surface area contributed by atoms with E-state index in [2.05, 4.69) is 5.32 Å². The van der Waals surface area contributed by atoms with Gasteiger partial charge in [0, 0.05) is 11.4 Å². The van der Waals surface area contributed by atoms with E-state index in [-0.39, 0.29) is 5.91 Å². The standard InChI is InChI=1S/C17H18ClNO3/c1-21-16-10-9-13(18)12-15(16)19-17(20)8-5-11-22-14-6-3-2-4-7-14/h2-4,6-7,9-10,12H,5,8,11H2,1H3,(H,19,20). The second-order valence-electron chi connectivity index (χ2n) is 4.66. The number of methoxy groups -OCH3 is 1. The molecule has 5 heteroatoms. The summed E-state index contributed by atoms with van der Waals surface area (Å²) in [6.45, 7) is 0.490. The summed E-state index contributed by atoms with van der Waals surface area (Å²) in [5, 5.41) is 3.34. The van der Waals surface area contributed by atoms with Crippen LogP contribution in [0.3, 0.4) is 0 Å². The minimum atomic E-state index is -0.0998. The Bertz CT molecular complexity index is 617. The Kier molecular flexibility index (Phi) is 6.10. The molecule has 0 saturated heterocycles. The maximum absolute atomic E-state index is 11.9. The summed E-state index contributed by atoms with van der Waals surface area (Å²) >= 11 is 5.93. The van der Waals surface area contributed by atoms with Gasteiger partial charge in [0.15, 0.2) is 0 Å². The number of anilines is 1. The molecule has 0 unspecified atom stereocenters. The zero-order chi connectivity index (χ0) is 15.8. The summed E-state index contributed by atoms with van der Waals surface area (Å²) in [4.78, 5) is 11.9. The van der Waals surface area contributed by atoms with Crippen LogP contribution in [0.25, 0.3) is 0 Å². The molecule has 2 aromatic rings. The summed E-state index contributed by atoms with van der Waals surface area (Å²) in [5.41, 5.74) is 0.573. The van der Waals surface area contributed by atoms with Crippen LogP contribution in [0, 0.1) is 0 Å². The van der Waals surface area contributed by atoms with Crippen LogP contribution < -0.4 is 14.8 Å². The largest absolute Gasteiger partial charge is 0.495 e. The Hall–Kier alpha value is -2.20. The molecule has 2 rings (SSSR count). The topological polar surface area (TPSA) is 47.6 Å². The molecule has 22 heavy (non-hydrogen) atoms. The van der Waals surface area contributed by atoms with E-state index < -0.39 is 0 Å². The van der Waals surface area contributed by atoms with Gasteiger partial charge in [0.2, 0.25) is 5.91 Å². The highest BCUT2D eigenvalue weighted by Crippen LogP contribution is 2.27. The van der Waals surface area contributed by atoms with Gasteiger partial charge in [0.1, 0.15) is 11.5 Å². The number of ether oxygens (including phenoxy) is 2. The van der Waals surface area contributed by atoms with Crippen molar-refractivity contribution in [2.75, 3.05) is 19.0 Å². The molecular weight excluding hydrogens is 302 g/mol. The van der Waals surface area contributed by atoms with Crippen LogP contribution in [0.1, 0.15) is 12.8 Å². The van der Waals surface area contributed by atoms with E-state index in [1.54, 1.807) is 25.3 Å². The van der Waals surface area contributed by atoms with Crippen LogP contribution in [0.2, 0.25) is 5.02 Å². The SMILES string of the molecule is COc1ccc(Cl)cc1NC(=O)CCCOc1ccccc1. The summed E-state index contributed by atoms with van der Waals surface area (Å²) in [6.07, 6.45) is 0.992. The summed E-state index contributed by atoms with van der Waals surface area (Å²) in [5.74, 6) is 1.29. The lowest BCUT2D eigenvalue weighted by atomic mass is 10.2. The van der Waals surface area contributed by atoms with E-state index in [4.69, 9.17) is 21.1 Å². The fraction of sp³-hybridized carbons (Fsp3) is 0.235. The Labute approximate surface area is 135 Å². The van der Waals surface area contributed by atoms with E-state index >= 15 is 0 Å². The lowest BCUT2D eigenvalue weighted by Crippen LogP contribution is -2.13. The predicted molar refractivity (Wildman–Crippen MR) is 87.8 cm³/mol. The second-order valence-corrected chi connectivity index (χ2v) is 5.09. The Morgan fingerprint density at radius 3 is 2.68 bits per heavy atom. The minimum absolute atomic E-state index is 0.0998. The third-order valence-electron chi connectivity index (χ3n) is 3.00. The highest BCUT2D eigenvalue weighted by atomic mass is 35.5. The number of hydrogen-bond acceptors (Lipinski definition) is 3. The normalized spacial score (nSPS) is 10.1. The molecule has 0 heterocycles. The molecule has 0 radical (unpaired) electrons. The van der Waals surface area contributed by atoms with Crippen molar-refractivity contribution in [2.24, 2.45) is 0 Å². The molecule has 116 valence electrons. The van der Waals surface area contributed by atoms with Gasteiger partial charge < -0.3 is 14.8 Å². The molecule has 1 N–H and O–H groups in total. The van der Waals surface area contributed by atoms with E-state index in [1.807, 2.05) is 30.3 Å². The number of hydrogen-bond donors (Lipinski definition) is 1. The molecule has 0 aliphatic carbocycles. The van der Waals surface area contributed by atoms with Gasteiger partial charge >= 0.3 is 0 Å². The smallest absolute Gasteiger partial charge is 0.224 e. The van der Waals surface area contributed by atoms with E-state index in [1.165, 1.54) is 0 Å². The van der Waals surface area contributed by atoms with Crippen molar-refractivity contribution >= 4 is 23.2 Å². The molecule has 0 saturated carbocycles. The average Bonchev–Trinajstić information content (AvgIpc) is 2.53. The first-order valence-corrected chi connectivity index (χ1v) is 7.38. The molecule has 4 nitrogen and oxygen atoms in total. The van der Waals surface area contributed by atoms with Crippen LogP contribution in [-0.4, -0.2) is 19.6 Å². The fourth-order valence-corrected chi connectivity index (χ4v) is 2.10. The predicted octanol–water partition coefficient (Wildman–Crippen LogP) is 4.15. The molecular formula is C17H18ClNO3.